The van der Waals surface area contributed by atoms with Gasteiger partial charge in [-0.1, -0.05) is 11.2 Å². The van der Waals surface area contributed by atoms with E-state index in [-0.39, 0.29) is 11.6 Å². The van der Waals surface area contributed by atoms with Crippen LogP contribution in [0.4, 0.5) is 29.5 Å². The van der Waals surface area contributed by atoms with E-state index in [0.29, 0.717) is 40.8 Å². The SMILES string of the molecule is Cc1noc(N2CC3CC[C@@H](C2)[C@@H]3Nc2nc3c(-c4ccc(F)c(C(F)(F)F)c4)cccn3n2)n1. The van der Waals surface area contributed by atoms with Crippen LogP contribution in [0.5, 0.6) is 0 Å². The fourth-order valence-electron chi connectivity index (χ4n) is 5.28. The first-order valence-corrected chi connectivity index (χ1v) is 11.3. The van der Waals surface area contributed by atoms with Gasteiger partial charge in [-0.05, 0) is 61.4 Å². The lowest BCUT2D eigenvalue weighted by Gasteiger charge is -2.37. The second-order valence-corrected chi connectivity index (χ2v) is 9.11. The number of hydrogen-bond donors (Lipinski definition) is 1. The highest BCUT2D eigenvalue weighted by Crippen LogP contribution is 2.40. The number of aryl methyl sites for hydroxylation is 1. The molecule has 0 spiro atoms. The van der Waals surface area contributed by atoms with Gasteiger partial charge in [-0.25, -0.2) is 8.91 Å². The van der Waals surface area contributed by atoms with Gasteiger partial charge in [0.2, 0.25) is 5.95 Å². The molecular weight excluding hydrogens is 466 g/mol. The Balaban J connectivity index is 1.27. The number of hydrogen-bond acceptors (Lipinski definition) is 7. The molecule has 4 heterocycles. The molecule has 12 heteroatoms. The summed E-state index contributed by atoms with van der Waals surface area (Å²) in [7, 11) is 0. The summed E-state index contributed by atoms with van der Waals surface area (Å²) in [5.74, 6) is 0.354. The fraction of sp³-hybridized carbons (Fsp3) is 0.391. The van der Waals surface area contributed by atoms with Gasteiger partial charge < -0.3 is 14.7 Å². The highest BCUT2D eigenvalue weighted by molar-refractivity contribution is 5.78. The second-order valence-electron chi connectivity index (χ2n) is 9.11. The molecule has 8 nitrogen and oxygen atoms in total. The zero-order valence-corrected chi connectivity index (χ0v) is 18.6. The number of piperidine rings is 1. The van der Waals surface area contributed by atoms with Gasteiger partial charge in [-0.2, -0.15) is 23.1 Å². The van der Waals surface area contributed by atoms with Crippen LogP contribution in [0.15, 0.2) is 41.1 Å². The van der Waals surface area contributed by atoms with E-state index < -0.39 is 17.6 Å². The van der Waals surface area contributed by atoms with Crippen LogP contribution >= 0.6 is 0 Å². The molecule has 6 rings (SSSR count). The van der Waals surface area contributed by atoms with Gasteiger partial charge in [0.15, 0.2) is 11.5 Å². The number of anilines is 2. The molecule has 1 aliphatic carbocycles. The lowest BCUT2D eigenvalue weighted by Crippen LogP contribution is -2.48. The minimum atomic E-state index is -4.79. The maximum Gasteiger partial charge on any atom is 0.419 e. The van der Waals surface area contributed by atoms with Crippen molar-refractivity contribution in [3.8, 4) is 11.1 Å². The third-order valence-corrected chi connectivity index (χ3v) is 6.86. The van der Waals surface area contributed by atoms with Crippen molar-refractivity contribution in [2.45, 2.75) is 32.0 Å². The normalized spacial score (nSPS) is 22.2. The maximum atomic E-state index is 13.8. The van der Waals surface area contributed by atoms with E-state index in [1.165, 1.54) is 10.6 Å². The molecule has 0 amide bonds. The van der Waals surface area contributed by atoms with E-state index in [4.69, 9.17) is 4.52 Å². The van der Waals surface area contributed by atoms with E-state index in [2.05, 4.69) is 30.4 Å². The van der Waals surface area contributed by atoms with Crippen LogP contribution in [0.25, 0.3) is 16.8 Å². The molecule has 1 aliphatic heterocycles. The van der Waals surface area contributed by atoms with Crippen LogP contribution in [-0.2, 0) is 6.18 Å². The van der Waals surface area contributed by atoms with E-state index >= 15 is 0 Å². The van der Waals surface area contributed by atoms with Crippen LogP contribution in [0.3, 0.4) is 0 Å². The van der Waals surface area contributed by atoms with E-state index in [1.807, 2.05) is 0 Å². The third kappa shape index (κ3) is 3.86. The molecule has 1 saturated carbocycles. The summed E-state index contributed by atoms with van der Waals surface area (Å²) in [6.07, 6.45) is -1.03. The topological polar surface area (TPSA) is 84.4 Å². The minimum Gasteiger partial charge on any atom is -0.349 e. The number of pyridine rings is 1. The van der Waals surface area contributed by atoms with Gasteiger partial charge in [0.05, 0.1) is 5.56 Å². The summed E-state index contributed by atoms with van der Waals surface area (Å²) >= 11 is 0. The average Bonchev–Trinajstić information content (AvgIpc) is 3.48. The van der Waals surface area contributed by atoms with E-state index in [9.17, 15) is 17.6 Å². The van der Waals surface area contributed by atoms with E-state index in [1.54, 1.807) is 25.3 Å². The van der Waals surface area contributed by atoms with Crippen molar-refractivity contribution in [1.82, 2.24) is 24.7 Å². The molecule has 2 fully saturated rings. The largest absolute Gasteiger partial charge is 0.419 e. The summed E-state index contributed by atoms with van der Waals surface area (Å²) in [5, 5.41) is 11.8. The van der Waals surface area contributed by atoms with Gasteiger partial charge in [0.25, 0.3) is 0 Å². The number of benzene rings is 1. The van der Waals surface area contributed by atoms with Gasteiger partial charge in [0.1, 0.15) is 5.82 Å². The van der Waals surface area contributed by atoms with Crippen molar-refractivity contribution >= 4 is 17.6 Å². The molecule has 2 aliphatic rings. The molecule has 1 aromatic carbocycles. The summed E-state index contributed by atoms with van der Waals surface area (Å²) in [6, 6.07) is 6.96. The predicted octanol–water partition coefficient (Wildman–Crippen LogP) is 4.57. The van der Waals surface area contributed by atoms with Crippen LogP contribution < -0.4 is 10.2 Å². The van der Waals surface area contributed by atoms with Crippen LogP contribution in [0.1, 0.15) is 24.2 Å². The Labute approximate surface area is 197 Å². The van der Waals surface area contributed by atoms with Crippen LogP contribution in [0.2, 0.25) is 0 Å². The van der Waals surface area contributed by atoms with Crippen LogP contribution in [-0.4, -0.2) is 43.9 Å². The molecular formula is C23H21F4N7O. The van der Waals surface area contributed by atoms with Crippen molar-refractivity contribution in [3.63, 3.8) is 0 Å². The number of alkyl halides is 3. The Bertz CT molecular complexity index is 1380. The second kappa shape index (κ2) is 7.92. The van der Waals surface area contributed by atoms with Crippen LogP contribution in [0, 0.1) is 24.6 Å². The monoisotopic (exact) mass is 487 g/mol. The molecule has 1 saturated heterocycles. The lowest BCUT2D eigenvalue weighted by atomic mass is 9.92. The Morgan fingerprint density at radius 3 is 2.54 bits per heavy atom. The highest BCUT2D eigenvalue weighted by Gasteiger charge is 2.43. The minimum absolute atomic E-state index is 0.152. The number of nitrogens with one attached hydrogen (secondary N) is 1. The Hall–Kier alpha value is -3.70. The number of halogens is 4. The fourth-order valence-corrected chi connectivity index (χ4v) is 5.28. The Kier molecular flexibility index (Phi) is 4.94. The van der Waals surface area contributed by atoms with Crippen molar-refractivity contribution in [3.05, 3.63) is 53.7 Å². The van der Waals surface area contributed by atoms with Gasteiger partial charge >= 0.3 is 12.2 Å². The van der Waals surface area contributed by atoms with Gasteiger partial charge in [-0.15, -0.1) is 5.10 Å². The first-order valence-electron chi connectivity index (χ1n) is 11.3. The highest BCUT2D eigenvalue weighted by atomic mass is 19.4. The molecule has 4 aromatic rings. The molecule has 0 radical (unpaired) electrons. The van der Waals surface area contributed by atoms with Crippen molar-refractivity contribution in [2.24, 2.45) is 11.8 Å². The number of aromatic nitrogens is 5. The van der Waals surface area contributed by atoms with E-state index in [0.717, 1.165) is 38.1 Å². The molecule has 2 bridgehead atoms. The lowest BCUT2D eigenvalue weighted by molar-refractivity contribution is -0.139. The first kappa shape index (κ1) is 21.8. The number of fused-ring (bicyclic) bond motifs is 3. The zero-order valence-electron chi connectivity index (χ0n) is 18.6. The predicted molar refractivity (Wildman–Crippen MR) is 118 cm³/mol. The molecule has 1 N–H and O–H groups in total. The quantitative estimate of drug-likeness (QED) is 0.422. The summed E-state index contributed by atoms with van der Waals surface area (Å²) in [6.45, 7) is 3.32. The molecule has 3 atom stereocenters. The standard InChI is InChI=1S/C23H21F4N7O/c1-12-28-22(35-32-12)33-10-14-4-5-15(11-33)19(14)29-21-30-20-16(3-2-8-34(20)31-21)13-6-7-18(24)17(9-13)23(25,26)27/h2-3,6-9,14-15,19H,4-5,10-11H2,1H3,(H,29,31)/t14-,15?,19-/m0/s1. The average molecular weight is 487 g/mol. The van der Waals surface area contributed by atoms with Gasteiger partial charge in [0, 0.05) is 30.9 Å². The molecule has 35 heavy (non-hydrogen) atoms. The first-order chi connectivity index (χ1) is 16.8. The molecule has 1 unspecified atom stereocenters. The van der Waals surface area contributed by atoms with Crippen molar-refractivity contribution in [2.75, 3.05) is 23.3 Å². The summed E-state index contributed by atoms with van der Waals surface area (Å²) in [4.78, 5) is 11.0. The Morgan fingerprint density at radius 2 is 1.86 bits per heavy atom. The maximum absolute atomic E-state index is 13.8. The Morgan fingerprint density at radius 1 is 1.09 bits per heavy atom. The van der Waals surface area contributed by atoms with Crippen molar-refractivity contribution < 1.29 is 22.1 Å². The molecule has 182 valence electrons. The smallest absolute Gasteiger partial charge is 0.349 e. The van der Waals surface area contributed by atoms with Gasteiger partial charge in [-0.3, -0.25) is 0 Å². The number of rotatable bonds is 4. The summed E-state index contributed by atoms with van der Waals surface area (Å²) in [5.41, 5.74) is -0.273. The van der Waals surface area contributed by atoms with Crippen molar-refractivity contribution in [1.29, 1.82) is 0 Å². The zero-order chi connectivity index (χ0) is 24.3. The summed E-state index contributed by atoms with van der Waals surface area (Å²) < 4.78 is 60.4. The molecule has 3 aromatic heterocycles. The third-order valence-electron chi connectivity index (χ3n) is 6.86. The number of nitrogens with zero attached hydrogens (tertiary/aromatic N) is 6.